The molecule has 0 atom stereocenters. The minimum Gasteiger partial charge on any atom is -0.497 e. The number of ether oxygens (including phenoxy) is 1. The number of hydrazine groups is 1. The van der Waals surface area contributed by atoms with E-state index >= 15 is 0 Å². The molecule has 1 aromatic carbocycles. The average Bonchev–Trinajstić information content (AvgIpc) is 2.52. The second kappa shape index (κ2) is 6.90. The zero-order chi connectivity index (χ0) is 15.2. The minimum atomic E-state index is 0.232. The van der Waals surface area contributed by atoms with Crippen LogP contribution in [0.5, 0.6) is 5.75 Å². The predicted octanol–water partition coefficient (Wildman–Crippen LogP) is 2.51. The van der Waals surface area contributed by atoms with E-state index in [4.69, 9.17) is 10.6 Å². The molecule has 0 saturated carbocycles. The molecule has 0 aliphatic heterocycles. The molecule has 0 fully saturated rings. The van der Waals surface area contributed by atoms with Gasteiger partial charge in [-0.15, -0.1) is 0 Å². The van der Waals surface area contributed by atoms with Crippen LogP contribution in [0.1, 0.15) is 31.2 Å². The molecule has 6 heteroatoms. The fourth-order valence-electron chi connectivity index (χ4n) is 1.86. The molecule has 6 nitrogen and oxygen atoms in total. The third-order valence-corrected chi connectivity index (χ3v) is 3.02. The Balaban J connectivity index is 2.13. The number of methoxy groups -OCH3 is 1. The number of nitrogen functional groups attached to an aromatic ring is 1. The van der Waals surface area contributed by atoms with Gasteiger partial charge in [-0.1, -0.05) is 26.0 Å². The van der Waals surface area contributed by atoms with E-state index in [2.05, 4.69) is 20.7 Å². The largest absolute Gasteiger partial charge is 0.497 e. The smallest absolute Gasteiger partial charge is 0.145 e. The van der Waals surface area contributed by atoms with Gasteiger partial charge in [0.25, 0.3) is 0 Å². The lowest BCUT2D eigenvalue weighted by Gasteiger charge is -2.11. The van der Waals surface area contributed by atoms with Crippen LogP contribution in [0.25, 0.3) is 0 Å². The zero-order valence-electron chi connectivity index (χ0n) is 12.6. The van der Waals surface area contributed by atoms with Crippen LogP contribution in [-0.4, -0.2) is 17.1 Å². The molecule has 1 aromatic heterocycles. The predicted molar refractivity (Wildman–Crippen MR) is 84.3 cm³/mol. The molecule has 0 aliphatic rings. The van der Waals surface area contributed by atoms with Crippen molar-refractivity contribution in [3.63, 3.8) is 0 Å². The van der Waals surface area contributed by atoms with Gasteiger partial charge >= 0.3 is 0 Å². The van der Waals surface area contributed by atoms with Crippen LogP contribution in [0.4, 0.5) is 11.6 Å². The van der Waals surface area contributed by atoms with Gasteiger partial charge in [0.2, 0.25) is 0 Å². The van der Waals surface area contributed by atoms with E-state index in [1.54, 1.807) is 13.2 Å². The fraction of sp³-hybridized carbons (Fsp3) is 0.333. The summed E-state index contributed by atoms with van der Waals surface area (Å²) in [4.78, 5) is 8.82. The van der Waals surface area contributed by atoms with Crippen molar-refractivity contribution in [3.8, 4) is 5.75 Å². The maximum Gasteiger partial charge on any atom is 0.145 e. The zero-order valence-corrected chi connectivity index (χ0v) is 12.6. The van der Waals surface area contributed by atoms with Gasteiger partial charge in [0, 0.05) is 18.5 Å². The number of hydrogen-bond donors (Lipinski definition) is 3. The van der Waals surface area contributed by atoms with Crippen LogP contribution in [-0.2, 0) is 6.54 Å². The Morgan fingerprint density at radius 2 is 1.95 bits per heavy atom. The van der Waals surface area contributed by atoms with E-state index in [0.717, 1.165) is 23.0 Å². The summed E-state index contributed by atoms with van der Waals surface area (Å²) in [5, 5.41) is 3.28. The summed E-state index contributed by atoms with van der Waals surface area (Å²) in [6.07, 6.45) is 0. The molecule has 21 heavy (non-hydrogen) atoms. The molecule has 0 radical (unpaired) electrons. The van der Waals surface area contributed by atoms with E-state index < -0.39 is 0 Å². The first-order chi connectivity index (χ1) is 10.1. The van der Waals surface area contributed by atoms with Crippen molar-refractivity contribution >= 4 is 11.6 Å². The van der Waals surface area contributed by atoms with Crippen LogP contribution in [0, 0.1) is 0 Å². The molecule has 0 saturated heterocycles. The average molecular weight is 287 g/mol. The first-order valence-electron chi connectivity index (χ1n) is 6.84. The minimum absolute atomic E-state index is 0.232. The first-order valence-corrected chi connectivity index (χ1v) is 6.84. The van der Waals surface area contributed by atoms with Gasteiger partial charge in [-0.25, -0.2) is 15.8 Å². The Bertz CT molecular complexity index is 600. The molecule has 2 aromatic rings. The van der Waals surface area contributed by atoms with Crippen LogP contribution < -0.4 is 21.3 Å². The topological polar surface area (TPSA) is 85.1 Å². The summed E-state index contributed by atoms with van der Waals surface area (Å²) in [7, 11) is 1.66. The van der Waals surface area contributed by atoms with Crippen molar-refractivity contribution in [2.24, 2.45) is 5.84 Å². The molecular formula is C15H21N5O. The lowest BCUT2D eigenvalue weighted by Crippen LogP contribution is -2.13. The summed E-state index contributed by atoms with van der Waals surface area (Å²) in [5.74, 6) is 8.61. The summed E-state index contributed by atoms with van der Waals surface area (Å²) in [5.41, 5.74) is 3.68. The Hall–Kier alpha value is -2.34. The van der Waals surface area contributed by atoms with E-state index in [0.29, 0.717) is 12.4 Å². The molecule has 0 bridgehead atoms. The van der Waals surface area contributed by atoms with Gasteiger partial charge in [0.15, 0.2) is 0 Å². The Morgan fingerprint density at radius 3 is 2.62 bits per heavy atom. The summed E-state index contributed by atoms with van der Waals surface area (Å²) >= 11 is 0. The number of rotatable bonds is 6. The molecule has 112 valence electrons. The van der Waals surface area contributed by atoms with E-state index in [9.17, 15) is 0 Å². The van der Waals surface area contributed by atoms with Crippen LogP contribution in [0.15, 0.2) is 30.3 Å². The highest BCUT2D eigenvalue weighted by molar-refractivity contribution is 5.47. The second-order valence-corrected chi connectivity index (χ2v) is 5.00. The molecular weight excluding hydrogens is 266 g/mol. The maximum absolute atomic E-state index is 5.45. The van der Waals surface area contributed by atoms with E-state index in [-0.39, 0.29) is 5.92 Å². The molecule has 0 amide bonds. The molecule has 1 heterocycles. The first kappa shape index (κ1) is 15.1. The third kappa shape index (κ3) is 4.06. The normalized spacial score (nSPS) is 10.5. The van der Waals surface area contributed by atoms with Gasteiger partial charge in [-0.2, -0.15) is 0 Å². The van der Waals surface area contributed by atoms with Crippen LogP contribution >= 0.6 is 0 Å². The van der Waals surface area contributed by atoms with Crippen molar-refractivity contribution in [1.29, 1.82) is 0 Å². The second-order valence-electron chi connectivity index (χ2n) is 5.00. The summed E-state index contributed by atoms with van der Waals surface area (Å²) in [6.45, 7) is 4.73. The van der Waals surface area contributed by atoms with Gasteiger partial charge in [0.05, 0.1) is 7.11 Å². The van der Waals surface area contributed by atoms with Crippen molar-refractivity contribution in [2.45, 2.75) is 26.3 Å². The van der Waals surface area contributed by atoms with Gasteiger partial charge in [-0.05, 0) is 17.7 Å². The number of aromatic nitrogens is 2. The lowest BCUT2D eigenvalue weighted by atomic mass is 10.2. The Kier molecular flexibility index (Phi) is 4.94. The van der Waals surface area contributed by atoms with E-state index in [1.807, 2.05) is 38.1 Å². The third-order valence-electron chi connectivity index (χ3n) is 3.02. The highest BCUT2D eigenvalue weighted by atomic mass is 16.5. The van der Waals surface area contributed by atoms with Crippen molar-refractivity contribution < 1.29 is 4.74 Å². The van der Waals surface area contributed by atoms with Crippen molar-refractivity contribution in [1.82, 2.24) is 9.97 Å². The number of nitrogens with one attached hydrogen (secondary N) is 2. The molecule has 2 rings (SSSR count). The molecule has 4 N–H and O–H groups in total. The summed E-state index contributed by atoms with van der Waals surface area (Å²) in [6, 6.07) is 9.68. The SMILES string of the molecule is COc1cccc(CNc2cc(NN)nc(C(C)C)n2)c1. The number of nitrogens with zero attached hydrogens (tertiary/aromatic N) is 2. The quantitative estimate of drug-likeness (QED) is 0.559. The number of anilines is 2. The highest BCUT2D eigenvalue weighted by Gasteiger charge is 2.07. The van der Waals surface area contributed by atoms with Crippen LogP contribution in [0.3, 0.4) is 0 Å². The monoisotopic (exact) mass is 287 g/mol. The maximum atomic E-state index is 5.45. The Labute approximate surface area is 124 Å². The molecule has 0 unspecified atom stereocenters. The van der Waals surface area contributed by atoms with Crippen molar-refractivity contribution in [2.75, 3.05) is 17.9 Å². The van der Waals surface area contributed by atoms with Gasteiger partial charge in [-0.3, -0.25) is 0 Å². The highest BCUT2D eigenvalue weighted by Crippen LogP contribution is 2.18. The fourth-order valence-corrected chi connectivity index (χ4v) is 1.86. The van der Waals surface area contributed by atoms with Crippen molar-refractivity contribution in [3.05, 3.63) is 41.7 Å². The standard InChI is InChI=1S/C15H21N5O/c1-10(2)15-18-13(8-14(19-15)20-16)17-9-11-5-4-6-12(7-11)21-3/h4-8,10H,9,16H2,1-3H3,(H2,17,18,19,20). The number of nitrogens with two attached hydrogens (primary N) is 1. The Morgan fingerprint density at radius 1 is 1.19 bits per heavy atom. The molecule has 0 aliphatic carbocycles. The van der Waals surface area contributed by atoms with Crippen LogP contribution in [0.2, 0.25) is 0 Å². The van der Waals surface area contributed by atoms with E-state index in [1.165, 1.54) is 0 Å². The molecule has 0 spiro atoms. The number of benzene rings is 1. The number of hydrogen-bond acceptors (Lipinski definition) is 6. The lowest BCUT2D eigenvalue weighted by molar-refractivity contribution is 0.414. The van der Waals surface area contributed by atoms with Gasteiger partial charge in [0.1, 0.15) is 23.2 Å². The summed E-state index contributed by atoms with van der Waals surface area (Å²) < 4.78 is 5.21. The van der Waals surface area contributed by atoms with Gasteiger partial charge < -0.3 is 15.5 Å².